The molecule has 2 aromatic rings. The lowest BCUT2D eigenvalue weighted by Crippen LogP contribution is -2.43. The van der Waals surface area contributed by atoms with Crippen LogP contribution in [-0.2, 0) is 0 Å². The number of carbonyl (C=O) groups excluding carboxylic acids is 2. The lowest BCUT2D eigenvalue weighted by molar-refractivity contribution is 0.102. The van der Waals surface area contributed by atoms with E-state index in [-0.39, 0.29) is 17.9 Å². The van der Waals surface area contributed by atoms with Crippen LogP contribution in [0.5, 0.6) is 0 Å². The smallest absolute Gasteiger partial charge is 0.317 e. The fraction of sp³-hybridized carbons (Fsp3) is 0.333. The summed E-state index contributed by atoms with van der Waals surface area (Å²) < 4.78 is 0. The Morgan fingerprint density at radius 1 is 1.15 bits per heavy atom. The van der Waals surface area contributed by atoms with Crippen LogP contribution >= 0.6 is 11.8 Å². The van der Waals surface area contributed by atoms with Crippen LogP contribution in [0.2, 0.25) is 0 Å². The zero-order chi connectivity index (χ0) is 19.2. The molecular formula is C21H25N3O2S. The van der Waals surface area contributed by atoms with E-state index in [1.807, 2.05) is 59.7 Å². The second kappa shape index (κ2) is 8.95. The number of nitrogens with zero attached hydrogens (tertiary/aromatic N) is 1. The van der Waals surface area contributed by atoms with E-state index in [9.17, 15) is 9.59 Å². The van der Waals surface area contributed by atoms with Gasteiger partial charge in [0.1, 0.15) is 0 Å². The van der Waals surface area contributed by atoms with Crippen molar-refractivity contribution in [3.05, 3.63) is 59.7 Å². The highest BCUT2D eigenvalue weighted by molar-refractivity contribution is 7.98. The second-order valence-corrected chi connectivity index (χ2v) is 7.53. The van der Waals surface area contributed by atoms with Gasteiger partial charge >= 0.3 is 6.03 Å². The molecule has 142 valence electrons. The highest BCUT2D eigenvalue weighted by Crippen LogP contribution is 2.28. The van der Waals surface area contributed by atoms with Gasteiger partial charge in [0.15, 0.2) is 0 Å². The van der Waals surface area contributed by atoms with Crippen molar-refractivity contribution in [1.82, 2.24) is 10.2 Å². The average molecular weight is 384 g/mol. The van der Waals surface area contributed by atoms with E-state index in [1.165, 1.54) is 0 Å². The van der Waals surface area contributed by atoms with E-state index < -0.39 is 0 Å². The Kier molecular flexibility index (Phi) is 6.40. The minimum atomic E-state index is -0.117. The second-order valence-electron chi connectivity index (χ2n) is 6.65. The van der Waals surface area contributed by atoms with Crippen molar-refractivity contribution in [3.63, 3.8) is 0 Å². The van der Waals surface area contributed by atoms with Gasteiger partial charge in [-0.15, -0.1) is 11.8 Å². The van der Waals surface area contributed by atoms with Crippen molar-refractivity contribution in [1.29, 1.82) is 0 Å². The number of nitrogens with one attached hydrogen (secondary N) is 2. The van der Waals surface area contributed by atoms with Crippen LogP contribution < -0.4 is 10.6 Å². The molecule has 0 aromatic heterocycles. The summed E-state index contributed by atoms with van der Waals surface area (Å²) in [6, 6.07) is 15.5. The maximum absolute atomic E-state index is 12.7. The summed E-state index contributed by atoms with van der Waals surface area (Å²) in [5, 5.41) is 5.67. The van der Waals surface area contributed by atoms with Crippen LogP contribution in [0.4, 0.5) is 10.5 Å². The van der Waals surface area contributed by atoms with E-state index in [0.29, 0.717) is 12.1 Å². The number of benzene rings is 2. The first-order chi connectivity index (χ1) is 13.1. The van der Waals surface area contributed by atoms with Crippen molar-refractivity contribution in [2.24, 2.45) is 0 Å². The van der Waals surface area contributed by atoms with Gasteiger partial charge in [-0.25, -0.2) is 4.79 Å². The summed E-state index contributed by atoms with van der Waals surface area (Å²) >= 11 is 1.64. The molecule has 1 saturated heterocycles. The fourth-order valence-electron chi connectivity index (χ4n) is 3.43. The standard InChI is InChI=1S/C21H25N3O2S/c1-22-21(26)24-11-5-8-17(14-24)15-6-3-7-16(12-15)20(25)23-18-9-4-10-19(13-18)27-2/h3-4,6-7,9-10,12-13,17H,5,8,11,14H2,1-2H3,(H,22,26)(H,23,25)/t17-/m0/s1. The van der Waals surface area contributed by atoms with Crippen LogP contribution in [-0.4, -0.2) is 43.2 Å². The van der Waals surface area contributed by atoms with Gasteiger partial charge in [0, 0.05) is 42.2 Å². The molecule has 2 aromatic carbocycles. The minimum absolute atomic E-state index is 0.0396. The number of hydrogen-bond acceptors (Lipinski definition) is 3. The summed E-state index contributed by atoms with van der Waals surface area (Å²) in [5.74, 6) is 0.137. The first kappa shape index (κ1) is 19.3. The van der Waals surface area contributed by atoms with Crippen molar-refractivity contribution in [2.75, 3.05) is 31.7 Å². The molecule has 3 amide bonds. The summed E-state index contributed by atoms with van der Waals surface area (Å²) in [4.78, 5) is 27.5. The molecule has 0 radical (unpaired) electrons. The van der Waals surface area contributed by atoms with Gasteiger partial charge < -0.3 is 15.5 Å². The molecule has 3 rings (SSSR count). The minimum Gasteiger partial charge on any atom is -0.341 e. The van der Waals surface area contributed by atoms with Crippen molar-refractivity contribution < 1.29 is 9.59 Å². The molecule has 27 heavy (non-hydrogen) atoms. The average Bonchev–Trinajstić information content (AvgIpc) is 2.73. The van der Waals surface area contributed by atoms with Gasteiger partial charge in [0.2, 0.25) is 0 Å². The van der Waals surface area contributed by atoms with Crippen molar-refractivity contribution in [3.8, 4) is 0 Å². The number of rotatable bonds is 4. The van der Waals surface area contributed by atoms with Crippen molar-refractivity contribution in [2.45, 2.75) is 23.7 Å². The largest absolute Gasteiger partial charge is 0.341 e. The molecule has 1 aliphatic heterocycles. The Labute approximate surface area is 164 Å². The van der Waals surface area contributed by atoms with Crippen molar-refractivity contribution >= 4 is 29.4 Å². The Morgan fingerprint density at radius 2 is 1.96 bits per heavy atom. The highest BCUT2D eigenvalue weighted by Gasteiger charge is 2.24. The number of hydrogen-bond donors (Lipinski definition) is 2. The van der Waals surface area contributed by atoms with Crippen LogP contribution in [0.15, 0.2) is 53.4 Å². The molecule has 6 heteroatoms. The predicted octanol–water partition coefficient (Wildman–Crippen LogP) is 4.18. The van der Waals surface area contributed by atoms with Gasteiger partial charge in [0.25, 0.3) is 5.91 Å². The molecule has 1 atom stereocenters. The van der Waals surface area contributed by atoms with Gasteiger partial charge in [-0.2, -0.15) is 0 Å². The van der Waals surface area contributed by atoms with Gasteiger partial charge in [-0.1, -0.05) is 18.2 Å². The first-order valence-corrected chi connectivity index (χ1v) is 10.3. The van der Waals surface area contributed by atoms with E-state index in [1.54, 1.807) is 18.8 Å². The summed E-state index contributed by atoms with van der Waals surface area (Å²) in [6.07, 6.45) is 4.00. The fourth-order valence-corrected chi connectivity index (χ4v) is 3.89. The number of likely N-dealkylation sites (tertiary alicyclic amines) is 1. The quantitative estimate of drug-likeness (QED) is 0.779. The maximum Gasteiger partial charge on any atom is 0.317 e. The summed E-state index contributed by atoms with van der Waals surface area (Å²) in [5.41, 5.74) is 2.54. The van der Waals surface area contributed by atoms with Crippen LogP contribution in [0.25, 0.3) is 0 Å². The Hall–Kier alpha value is -2.47. The normalized spacial score (nSPS) is 16.7. The molecule has 2 N–H and O–H groups in total. The molecule has 0 aliphatic carbocycles. The van der Waals surface area contributed by atoms with E-state index in [4.69, 9.17) is 0 Å². The van der Waals surface area contributed by atoms with Gasteiger partial charge in [-0.05, 0) is 55.0 Å². The number of carbonyl (C=O) groups is 2. The molecular weight excluding hydrogens is 358 g/mol. The zero-order valence-electron chi connectivity index (χ0n) is 15.7. The molecule has 1 aliphatic rings. The maximum atomic E-state index is 12.7. The molecule has 0 bridgehead atoms. The SMILES string of the molecule is CNC(=O)N1CCC[C@H](c2cccc(C(=O)Nc3cccc(SC)c3)c2)C1. The number of piperidine rings is 1. The number of amides is 3. The monoisotopic (exact) mass is 383 g/mol. The first-order valence-electron chi connectivity index (χ1n) is 9.12. The molecule has 1 heterocycles. The molecule has 0 spiro atoms. The third-order valence-electron chi connectivity index (χ3n) is 4.87. The molecule has 1 fully saturated rings. The van der Waals surface area contributed by atoms with Crippen LogP contribution in [0.3, 0.4) is 0 Å². The highest BCUT2D eigenvalue weighted by atomic mass is 32.2. The Morgan fingerprint density at radius 3 is 2.74 bits per heavy atom. The Balaban J connectivity index is 1.72. The van der Waals surface area contributed by atoms with Crippen LogP contribution in [0, 0.1) is 0 Å². The number of thioether (sulfide) groups is 1. The van der Waals surface area contributed by atoms with Gasteiger partial charge in [-0.3, -0.25) is 4.79 Å². The van der Waals surface area contributed by atoms with E-state index >= 15 is 0 Å². The lowest BCUT2D eigenvalue weighted by atomic mass is 9.89. The summed E-state index contributed by atoms with van der Waals surface area (Å²) in [6.45, 7) is 1.46. The number of urea groups is 1. The number of anilines is 1. The third-order valence-corrected chi connectivity index (χ3v) is 5.60. The zero-order valence-corrected chi connectivity index (χ0v) is 16.5. The molecule has 0 saturated carbocycles. The third kappa shape index (κ3) is 4.83. The topological polar surface area (TPSA) is 61.4 Å². The van der Waals surface area contributed by atoms with E-state index in [2.05, 4.69) is 10.6 Å². The van der Waals surface area contributed by atoms with E-state index in [0.717, 1.165) is 35.5 Å². The van der Waals surface area contributed by atoms with Crippen LogP contribution in [0.1, 0.15) is 34.7 Å². The van der Waals surface area contributed by atoms with Gasteiger partial charge in [0.05, 0.1) is 0 Å². The predicted molar refractivity (Wildman–Crippen MR) is 111 cm³/mol. The summed E-state index contributed by atoms with van der Waals surface area (Å²) in [7, 11) is 1.66. The lowest BCUT2D eigenvalue weighted by Gasteiger charge is -2.32. The Bertz CT molecular complexity index is 825. The molecule has 0 unspecified atom stereocenters. The molecule has 5 nitrogen and oxygen atoms in total.